The molecule has 0 aliphatic heterocycles. The van der Waals surface area contributed by atoms with Crippen LogP contribution in [0.25, 0.3) is 0 Å². The predicted molar refractivity (Wildman–Crippen MR) is 47.4 cm³/mol. The van der Waals surface area contributed by atoms with Crippen molar-refractivity contribution >= 4 is 11.9 Å². The van der Waals surface area contributed by atoms with E-state index in [0.717, 1.165) is 12.8 Å². The Kier molecular flexibility index (Phi) is 4.80. The van der Waals surface area contributed by atoms with Gasteiger partial charge in [0, 0.05) is 0 Å². The summed E-state index contributed by atoms with van der Waals surface area (Å²) in [5.74, 6) is -4.13. The van der Waals surface area contributed by atoms with Crippen molar-refractivity contribution in [3.8, 4) is 0 Å². The van der Waals surface area contributed by atoms with Crippen LogP contribution in [0.5, 0.6) is 0 Å². The average Bonchev–Trinajstić information content (AvgIpc) is 1.99. The van der Waals surface area contributed by atoms with Crippen molar-refractivity contribution in [1.29, 1.82) is 0 Å². The summed E-state index contributed by atoms with van der Waals surface area (Å²) >= 11 is 0. The van der Waals surface area contributed by atoms with Crippen LogP contribution in [-0.4, -0.2) is 22.2 Å². The van der Waals surface area contributed by atoms with Gasteiger partial charge in [0.05, 0.1) is 0 Å². The number of carboxylic acids is 2. The normalized spacial score (nSPS) is 10.0. The van der Waals surface area contributed by atoms with Gasteiger partial charge in [-0.3, -0.25) is 9.59 Å². The van der Waals surface area contributed by atoms with Crippen molar-refractivity contribution in [3.63, 3.8) is 0 Å². The van der Waals surface area contributed by atoms with Gasteiger partial charge in [-0.1, -0.05) is 25.5 Å². The highest BCUT2D eigenvalue weighted by Gasteiger charge is 2.27. The van der Waals surface area contributed by atoms with E-state index in [9.17, 15) is 9.59 Å². The lowest BCUT2D eigenvalue weighted by atomic mass is 9.96. The summed E-state index contributed by atoms with van der Waals surface area (Å²) in [6.45, 7) is 5.42. The van der Waals surface area contributed by atoms with Gasteiger partial charge in [0.1, 0.15) is 0 Å². The van der Waals surface area contributed by atoms with E-state index < -0.39 is 17.9 Å². The van der Waals surface area contributed by atoms with E-state index in [4.69, 9.17) is 10.2 Å². The van der Waals surface area contributed by atoms with Crippen LogP contribution >= 0.6 is 0 Å². The van der Waals surface area contributed by atoms with Crippen molar-refractivity contribution < 1.29 is 19.8 Å². The number of hydrogen-bond donors (Lipinski definition) is 2. The third-order valence-corrected chi connectivity index (χ3v) is 1.75. The summed E-state index contributed by atoms with van der Waals surface area (Å²) < 4.78 is 0. The van der Waals surface area contributed by atoms with Crippen LogP contribution < -0.4 is 0 Å². The predicted octanol–water partition coefficient (Wildman–Crippen LogP) is 1.52. The zero-order valence-electron chi connectivity index (χ0n) is 7.62. The van der Waals surface area contributed by atoms with Gasteiger partial charge < -0.3 is 10.2 Å². The molecule has 0 spiro atoms. The molecule has 0 unspecified atom stereocenters. The molecule has 13 heavy (non-hydrogen) atoms. The maximum atomic E-state index is 10.5. The molecule has 0 atom stereocenters. The maximum Gasteiger partial charge on any atom is 0.322 e. The summed E-state index contributed by atoms with van der Waals surface area (Å²) in [5, 5.41) is 17.1. The zero-order valence-corrected chi connectivity index (χ0v) is 7.62. The highest BCUT2D eigenvalue weighted by molar-refractivity contribution is 5.96. The molecule has 0 aromatic rings. The van der Waals surface area contributed by atoms with Crippen molar-refractivity contribution in [1.82, 2.24) is 0 Å². The Morgan fingerprint density at radius 2 is 1.77 bits per heavy atom. The molecule has 0 heterocycles. The first-order valence-electron chi connectivity index (χ1n) is 4.14. The van der Waals surface area contributed by atoms with Crippen LogP contribution in [0.1, 0.15) is 26.2 Å². The monoisotopic (exact) mass is 186 g/mol. The van der Waals surface area contributed by atoms with Crippen molar-refractivity contribution in [2.45, 2.75) is 26.2 Å². The standard InChI is InChI=1S/C9H14O4/c1-3-4-5-6(2)7(8(10)11)9(12)13/h7H,2-5H2,1H3,(H,10,11)(H,12,13). The lowest BCUT2D eigenvalue weighted by Crippen LogP contribution is -2.24. The SMILES string of the molecule is C=C(CCCC)C(C(=O)O)C(=O)O. The van der Waals surface area contributed by atoms with Gasteiger partial charge >= 0.3 is 11.9 Å². The highest BCUT2D eigenvalue weighted by atomic mass is 16.4. The second-order valence-electron chi connectivity index (χ2n) is 2.87. The first-order chi connectivity index (χ1) is 6.00. The van der Waals surface area contributed by atoms with Crippen LogP contribution in [-0.2, 0) is 9.59 Å². The Morgan fingerprint density at radius 1 is 1.31 bits per heavy atom. The minimum Gasteiger partial charge on any atom is -0.480 e. The van der Waals surface area contributed by atoms with Gasteiger partial charge in [-0.25, -0.2) is 0 Å². The van der Waals surface area contributed by atoms with Gasteiger partial charge in [0.25, 0.3) is 0 Å². The second kappa shape index (κ2) is 5.35. The van der Waals surface area contributed by atoms with Gasteiger partial charge in [0.15, 0.2) is 5.92 Å². The lowest BCUT2D eigenvalue weighted by Gasteiger charge is -2.09. The Labute approximate surface area is 76.9 Å². The van der Waals surface area contributed by atoms with Crippen molar-refractivity contribution in [2.75, 3.05) is 0 Å². The van der Waals surface area contributed by atoms with Gasteiger partial charge in [-0.05, 0) is 12.8 Å². The quantitative estimate of drug-likeness (QED) is 0.487. The molecule has 0 radical (unpaired) electrons. The average molecular weight is 186 g/mol. The molecule has 0 rings (SSSR count). The highest BCUT2D eigenvalue weighted by Crippen LogP contribution is 2.16. The minimum atomic E-state index is -1.45. The molecule has 0 aromatic heterocycles. The van der Waals surface area contributed by atoms with E-state index in [1.807, 2.05) is 6.92 Å². The van der Waals surface area contributed by atoms with E-state index in [0.29, 0.717) is 6.42 Å². The Morgan fingerprint density at radius 3 is 2.08 bits per heavy atom. The lowest BCUT2D eigenvalue weighted by molar-refractivity contribution is -0.152. The first-order valence-corrected chi connectivity index (χ1v) is 4.14. The van der Waals surface area contributed by atoms with Crippen molar-refractivity contribution in [2.24, 2.45) is 5.92 Å². The number of carbonyl (C=O) groups is 2. The summed E-state index contributed by atoms with van der Waals surface area (Å²) in [6.07, 6.45) is 2.13. The number of unbranched alkanes of at least 4 members (excludes halogenated alkanes) is 1. The Bertz CT molecular complexity index is 206. The molecule has 4 heteroatoms. The fourth-order valence-electron chi connectivity index (χ4n) is 1.00. The fourth-order valence-corrected chi connectivity index (χ4v) is 1.00. The van der Waals surface area contributed by atoms with Crippen LogP contribution in [0, 0.1) is 5.92 Å². The molecule has 0 saturated heterocycles. The minimum absolute atomic E-state index is 0.266. The molecule has 0 aromatic carbocycles. The smallest absolute Gasteiger partial charge is 0.322 e. The number of carboxylic acid groups (broad SMARTS) is 2. The molecule has 0 amide bonds. The van der Waals surface area contributed by atoms with Crippen LogP contribution in [0.15, 0.2) is 12.2 Å². The van der Waals surface area contributed by atoms with Crippen LogP contribution in [0.3, 0.4) is 0 Å². The van der Waals surface area contributed by atoms with E-state index >= 15 is 0 Å². The maximum absolute atomic E-state index is 10.5. The Balaban J connectivity index is 4.30. The topological polar surface area (TPSA) is 74.6 Å². The van der Waals surface area contributed by atoms with Crippen LogP contribution in [0.4, 0.5) is 0 Å². The summed E-state index contributed by atoms with van der Waals surface area (Å²) in [5.41, 5.74) is 0.266. The molecular formula is C9H14O4. The molecule has 0 saturated carbocycles. The first kappa shape index (κ1) is 11.7. The van der Waals surface area contributed by atoms with Crippen LogP contribution in [0.2, 0.25) is 0 Å². The summed E-state index contributed by atoms with van der Waals surface area (Å²) in [4.78, 5) is 21.0. The van der Waals surface area contributed by atoms with E-state index in [1.54, 1.807) is 0 Å². The van der Waals surface area contributed by atoms with Crippen molar-refractivity contribution in [3.05, 3.63) is 12.2 Å². The number of rotatable bonds is 6. The summed E-state index contributed by atoms with van der Waals surface area (Å²) in [7, 11) is 0. The molecule has 0 fully saturated rings. The molecule has 2 N–H and O–H groups in total. The van der Waals surface area contributed by atoms with E-state index in [-0.39, 0.29) is 5.57 Å². The third kappa shape index (κ3) is 3.73. The largest absolute Gasteiger partial charge is 0.480 e. The third-order valence-electron chi connectivity index (χ3n) is 1.75. The van der Waals surface area contributed by atoms with Gasteiger partial charge in [-0.15, -0.1) is 0 Å². The number of hydrogen-bond acceptors (Lipinski definition) is 2. The fraction of sp³-hybridized carbons (Fsp3) is 0.556. The molecule has 0 aliphatic rings. The molecule has 0 aliphatic carbocycles. The summed E-state index contributed by atoms with van der Waals surface area (Å²) in [6, 6.07) is 0. The van der Waals surface area contributed by atoms with Gasteiger partial charge in [-0.2, -0.15) is 0 Å². The molecule has 0 bridgehead atoms. The molecule has 74 valence electrons. The molecular weight excluding hydrogens is 172 g/mol. The second-order valence-corrected chi connectivity index (χ2v) is 2.87. The Hall–Kier alpha value is -1.32. The number of aliphatic carboxylic acids is 2. The van der Waals surface area contributed by atoms with E-state index in [1.165, 1.54) is 0 Å². The zero-order chi connectivity index (χ0) is 10.4. The van der Waals surface area contributed by atoms with Gasteiger partial charge in [0.2, 0.25) is 0 Å². The molecule has 4 nitrogen and oxygen atoms in total. The van der Waals surface area contributed by atoms with E-state index in [2.05, 4.69) is 6.58 Å².